The molecule has 2 aromatic heterocycles. The Kier molecular flexibility index (Phi) is 12.7. The lowest BCUT2D eigenvalue weighted by atomic mass is 10.0. The van der Waals surface area contributed by atoms with Gasteiger partial charge in [-0.3, -0.25) is 9.59 Å². The van der Waals surface area contributed by atoms with Crippen LogP contribution in [0.4, 0.5) is 9.59 Å². The van der Waals surface area contributed by atoms with Crippen molar-refractivity contribution in [1.82, 2.24) is 50.2 Å². The normalized spacial score (nSPS) is 18.0. The van der Waals surface area contributed by atoms with E-state index in [-0.39, 0.29) is 23.9 Å². The van der Waals surface area contributed by atoms with Gasteiger partial charge in [0.25, 0.3) is 0 Å². The average Bonchev–Trinajstić information content (AvgIpc) is 4.01. The van der Waals surface area contributed by atoms with Crippen LogP contribution in [0.1, 0.15) is 62.3 Å². The molecule has 2 aliphatic heterocycles. The molecule has 2 aliphatic rings. The monoisotopic (exact) mass is 768 g/mol. The van der Waals surface area contributed by atoms with Crippen LogP contribution in [0.5, 0.6) is 0 Å². The third-order valence-corrected chi connectivity index (χ3v) is 10.5. The molecular formula is C40H52N10O6. The van der Waals surface area contributed by atoms with Gasteiger partial charge in [0.1, 0.15) is 23.7 Å². The Bertz CT molecular complexity index is 1830. The van der Waals surface area contributed by atoms with Gasteiger partial charge in [-0.25, -0.2) is 19.6 Å². The molecule has 0 bridgehead atoms. The number of benzene rings is 2. The van der Waals surface area contributed by atoms with Crippen LogP contribution in [0.15, 0.2) is 60.9 Å². The van der Waals surface area contributed by atoms with Crippen LogP contribution >= 0.6 is 0 Å². The first-order valence-electron chi connectivity index (χ1n) is 19.1. The van der Waals surface area contributed by atoms with E-state index in [0.717, 1.165) is 59.3 Å². The minimum absolute atomic E-state index is 0.234. The van der Waals surface area contributed by atoms with Crippen molar-refractivity contribution in [3.05, 3.63) is 72.6 Å². The third-order valence-electron chi connectivity index (χ3n) is 10.5. The van der Waals surface area contributed by atoms with E-state index in [0.29, 0.717) is 50.7 Å². The Balaban J connectivity index is 1.10. The zero-order valence-electron chi connectivity index (χ0n) is 32.4. The fourth-order valence-electron chi connectivity index (χ4n) is 7.61. The number of aromatic amines is 2. The minimum atomic E-state index is -1.22. The molecule has 4 aromatic rings. The summed E-state index contributed by atoms with van der Waals surface area (Å²) in [5.41, 5.74) is 5.62. The minimum Gasteiger partial charge on any atom is -0.465 e. The third kappa shape index (κ3) is 9.55. The molecule has 0 spiro atoms. The average molecular weight is 769 g/mol. The number of H-pyrrole nitrogens is 2. The molecule has 2 fully saturated rings. The lowest BCUT2D eigenvalue weighted by molar-refractivity contribution is -0.135. The van der Waals surface area contributed by atoms with Crippen LogP contribution in [0.2, 0.25) is 0 Å². The standard InChI is InChI=1S/C40H52N10O6/c1-47(2)21-17-29(45-39(53)54)37(51)49-19-5-7-33(49)35-41-23-31(43-35)27-13-9-25(10-14-27)26-11-15-28(16-12-26)32-24-42-36(44-32)34-8-6-20-50(34)38(52)30(46-40(55)56)18-22-48(3)4/h9-16,23-24,29-30,33-34,45-46H,5-8,17-22H2,1-4H3,(H,41,43)(H,42,44)(H,53,54)(H,55,56)/t29-,30-,33-,34-/m0/s1. The van der Waals surface area contributed by atoms with Gasteiger partial charge in [-0.1, -0.05) is 48.5 Å². The van der Waals surface area contributed by atoms with Gasteiger partial charge in [0.2, 0.25) is 11.8 Å². The summed E-state index contributed by atoms with van der Waals surface area (Å²) in [6.07, 6.45) is 4.96. The molecule has 0 radical (unpaired) electrons. The SMILES string of the molecule is CN(C)CC[C@H](NC(=O)O)C(=O)N1CCC[C@H]1c1ncc(-c2ccc(-c3ccc(-c4cnc([C@@H]5CCCN5C(=O)[C@H](CCN(C)C)NC(=O)O)[nH]4)cc3)cc2)[nH]1. The van der Waals surface area contributed by atoms with E-state index in [1.807, 2.05) is 86.5 Å². The van der Waals surface area contributed by atoms with Crippen molar-refractivity contribution in [3.63, 3.8) is 0 Å². The highest BCUT2D eigenvalue weighted by Gasteiger charge is 2.37. The Labute approximate surface area is 326 Å². The van der Waals surface area contributed by atoms with Crippen molar-refractivity contribution in [2.75, 3.05) is 54.4 Å². The summed E-state index contributed by atoms with van der Waals surface area (Å²) < 4.78 is 0. The summed E-state index contributed by atoms with van der Waals surface area (Å²) in [5.74, 6) is 0.894. The number of nitrogens with one attached hydrogen (secondary N) is 4. The predicted octanol–water partition coefficient (Wildman–Crippen LogP) is 4.64. The molecule has 298 valence electrons. The molecular weight excluding hydrogens is 717 g/mol. The van der Waals surface area contributed by atoms with Crippen molar-refractivity contribution < 1.29 is 29.4 Å². The maximum Gasteiger partial charge on any atom is 0.405 e. The Morgan fingerprint density at radius 1 is 0.661 bits per heavy atom. The number of amides is 4. The highest BCUT2D eigenvalue weighted by atomic mass is 16.4. The number of rotatable bonds is 15. The van der Waals surface area contributed by atoms with E-state index < -0.39 is 24.3 Å². The summed E-state index contributed by atoms with van der Waals surface area (Å²) in [6.45, 7) is 2.23. The van der Waals surface area contributed by atoms with Gasteiger partial charge >= 0.3 is 12.2 Å². The fraction of sp³-hybridized carbons (Fsp3) is 0.450. The van der Waals surface area contributed by atoms with Crippen molar-refractivity contribution in [3.8, 4) is 33.6 Å². The first-order chi connectivity index (χ1) is 26.9. The summed E-state index contributed by atoms with van der Waals surface area (Å²) in [7, 11) is 7.55. The molecule has 16 heteroatoms. The molecule has 56 heavy (non-hydrogen) atoms. The van der Waals surface area contributed by atoms with Crippen LogP contribution in [0.3, 0.4) is 0 Å². The van der Waals surface area contributed by atoms with Gasteiger partial charge in [-0.2, -0.15) is 0 Å². The fourth-order valence-corrected chi connectivity index (χ4v) is 7.61. The smallest absolute Gasteiger partial charge is 0.405 e. The summed E-state index contributed by atoms with van der Waals surface area (Å²) in [5, 5.41) is 23.6. The van der Waals surface area contributed by atoms with Crippen molar-refractivity contribution in [2.45, 2.75) is 62.7 Å². The van der Waals surface area contributed by atoms with Crippen LogP contribution in [-0.2, 0) is 9.59 Å². The molecule has 4 amide bonds. The van der Waals surface area contributed by atoms with Crippen LogP contribution < -0.4 is 10.6 Å². The number of hydrogen-bond donors (Lipinski definition) is 6. The summed E-state index contributed by atoms with van der Waals surface area (Å²) in [4.78, 5) is 73.4. The van der Waals surface area contributed by atoms with Crippen molar-refractivity contribution in [2.24, 2.45) is 0 Å². The number of carbonyl (C=O) groups excluding carboxylic acids is 2. The molecule has 4 atom stereocenters. The molecule has 0 saturated carbocycles. The van der Waals surface area contributed by atoms with Gasteiger partial charge in [-0.15, -0.1) is 0 Å². The summed E-state index contributed by atoms with van der Waals surface area (Å²) >= 11 is 0. The molecule has 4 heterocycles. The molecule has 0 aliphatic carbocycles. The number of carbonyl (C=O) groups is 4. The zero-order valence-corrected chi connectivity index (χ0v) is 32.4. The van der Waals surface area contributed by atoms with E-state index in [1.54, 1.807) is 22.2 Å². The summed E-state index contributed by atoms with van der Waals surface area (Å²) in [6, 6.07) is 14.1. The topological polar surface area (TPSA) is 203 Å². The molecule has 6 N–H and O–H groups in total. The lowest BCUT2D eigenvalue weighted by Gasteiger charge is -2.28. The number of hydrogen-bond acceptors (Lipinski definition) is 8. The maximum absolute atomic E-state index is 13.5. The lowest BCUT2D eigenvalue weighted by Crippen LogP contribution is -2.49. The molecule has 0 unspecified atom stereocenters. The van der Waals surface area contributed by atoms with Gasteiger partial charge < -0.3 is 50.4 Å². The second-order valence-corrected chi connectivity index (χ2v) is 15.1. The Morgan fingerprint density at radius 2 is 1.02 bits per heavy atom. The molecule has 16 nitrogen and oxygen atoms in total. The van der Waals surface area contributed by atoms with Crippen molar-refractivity contribution in [1.29, 1.82) is 0 Å². The first-order valence-corrected chi connectivity index (χ1v) is 19.1. The number of nitrogens with zero attached hydrogens (tertiary/aromatic N) is 6. The van der Waals surface area contributed by atoms with Crippen LogP contribution in [0, 0.1) is 0 Å². The second-order valence-electron chi connectivity index (χ2n) is 15.1. The predicted molar refractivity (Wildman–Crippen MR) is 211 cm³/mol. The highest BCUT2D eigenvalue weighted by molar-refractivity contribution is 5.86. The van der Waals surface area contributed by atoms with Gasteiger partial charge in [0.15, 0.2) is 0 Å². The van der Waals surface area contributed by atoms with Crippen LogP contribution in [0.25, 0.3) is 33.6 Å². The number of aromatic nitrogens is 4. The van der Waals surface area contributed by atoms with E-state index in [2.05, 4.69) is 30.6 Å². The number of imidazole rings is 2. The maximum atomic E-state index is 13.5. The largest absolute Gasteiger partial charge is 0.465 e. The first kappa shape index (κ1) is 39.9. The highest BCUT2D eigenvalue weighted by Crippen LogP contribution is 2.35. The second kappa shape index (κ2) is 17.8. The molecule has 2 saturated heterocycles. The van der Waals surface area contributed by atoms with Gasteiger partial charge in [0, 0.05) is 13.1 Å². The van der Waals surface area contributed by atoms with Crippen LogP contribution in [-0.4, -0.2) is 140 Å². The van der Waals surface area contributed by atoms with Gasteiger partial charge in [-0.05, 0) is 102 Å². The zero-order chi connectivity index (χ0) is 39.9. The Morgan fingerprint density at radius 3 is 1.36 bits per heavy atom. The number of carboxylic acid groups (broad SMARTS) is 2. The quantitative estimate of drug-likeness (QED) is 0.0990. The van der Waals surface area contributed by atoms with Gasteiger partial charge in [0.05, 0.1) is 35.9 Å². The molecule has 6 rings (SSSR count). The number of likely N-dealkylation sites (tertiary alicyclic amines) is 2. The van der Waals surface area contributed by atoms with E-state index in [9.17, 15) is 29.4 Å². The van der Waals surface area contributed by atoms with E-state index >= 15 is 0 Å². The Hall–Kier alpha value is -5.74. The van der Waals surface area contributed by atoms with E-state index in [1.165, 1.54) is 0 Å². The van der Waals surface area contributed by atoms with Crippen molar-refractivity contribution >= 4 is 24.0 Å². The molecule has 2 aromatic carbocycles. The van der Waals surface area contributed by atoms with E-state index in [4.69, 9.17) is 0 Å².